The van der Waals surface area contributed by atoms with Crippen molar-refractivity contribution in [3.05, 3.63) is 59.4 Å². The molecular formula is C24H30F2N4OS. The number of unbranched alkanes of at least 4 members (excludes halogenated alkanes) is 1. The van der Waals surface area contributed by atoms with E-state index in [4.69, 9.17) is 10.5 Å². The summed E-state index contributed by atoms with van der Waals surface area (Å²) in [7, 11) is 2.11. The zero-order valence-electron chi connectivity index (χ0n) is 18.3. The van der Waals surface area contributed by atoms with Crippen molar-refractivity contribution in [3.63, 3.8) is 0 Å². The number of likely N-dealkylation sites (tertiary alicyclic amines) is 1. The van der Waals surface area contributed by atoms with Gasteiger partial charge < -0.3 is 20.4 Å². The highest BCUT2D eigenvalue weighted by Gasteiger charge is 2.26. The van der Waals surface area contributed by atoms with E-state index < -0.39 is 17.7 Å². The van der Waals surface area contributed by atoms with Crippen LogP contribution in [-0.2, 0) is 4.74 Å². The number of fused-ring (bicyclic) bond motifs is 1. The largest absolute Gasteiger partial charge is 0.362 e. The van der Waals surface area contributed by atoms with Crippen molar-refractivity contribution in [3.8, 4) is 0 Å². The molecular weight excluding hydrogens is 430 g/mol. The molecule has 3 N–H and O–H groups in total. The first-order chi connectivity index (χ1) is 15.5. The van der Waals surface area contributed by atoms with Crippen LogP contribution in [0.4, 0.5) is 8.78 Å². The van der Waals surface area contributed by atoms with Crippen molar-refractivity contribution < 1.29 is 13.5 Å². The number of halogens is 2. The van der Waals surface area contributed by atoms with Crippen LogP contribution >= 0.6 is 11.8 Å². The number of ether oxygens (including phenoxy) is 1. The van der Waals surface area contributed by atoms with Crippen molar-refractivity contribution in [1.29, 1.82) is 0 Å². The number of nitrogens with zero attached hydrogens (tertiary/aromatic N) is 2. The number of hydrogen-bond acceptors (Lipinski definition) is 5. The van der Waals surface area contributed by atoms with Crippen LogP contribution in [0.2, 0.25) is 0 Å². The molecule has 5 nitrogen and oxygen atoms in total. The Morgan fingerprint density at radius 3 is 2.75 bits per heavy atom. The lowest BCUT2D eigenvalue weighted by atomic mass is 10.1. The minimum Gasteiger partial charge on any atom is -0.362 e. The average Bonchev–Trinajstić information content (AvgIpc) is 3.19. The van der Waals surface area contributed by atoms with Crippen LogP contribution in [0.3, 0.4) is 0 Å². The maximum atomic E-state index is 13.7. The van der Waals surface area contributed by atoms with Gasteiger partial charge in [0.1, 0.15) is 11.9 Å². The number of aromatic amines is 1. The second kappa shape index (κ2) is 10.7. The lowest BCUT2D eigenvalue weighted by Crippen LogP contribution is -2.35. The molecule has 1 aliphatic heterocycles. The topological polar surface area (TPSA) is 67.2 Å². The smallest absolute Gasteiger partial charge is 0.161 e. The van der Waals surface area contributed by atoms with Crippen molar-refractivity contribution in [2.24, 2.45) is 5.73 Å². The van der Waals surface area contributed by atoms with E-state index in [1.165, 1.54) is 0 Å². The van der Waals surface area contributed by atoms with Crippen molar-refractivity contribution in [2.75, 3.05) is 32.4 Å². The molecule has 1 aliphatic rings. The third kappa shape index (κ3) is 5.67. The van der Waals surface area contributed by atoms with Gasteiger partial charge in [-0.1, -0.05) is 12.1 Å². The number of aromatic nitrogens is 2. The SMILES string of the molecule is CN1CCC(OC(c2cccc(SCCCCN)c2)c2nc3cc(F)c(F)cc3[nH]2)CC1. The Labute approximate surface area is 191 Å². The Morgan fingerprint density at radius 1 is 1.19 bits per heavy atom. The first-order valence-electron chi connectivity index (χ1n) is 11.1. The second-order valence-corrected chi connectivity index (χ2v) is 9.51. The van der Waals surface area contributed by atoms with E-state index in [0.29, 0.717) is 23.4 Å². The van der Waals surface area contributed by atoms with Gasteiger partial charge in [0.25, 0.3) is 0 Å². The van der Waals surface area contributed by atoms with E-state index in [0.717, 1.165) is 67.1 Å². The number of nitrogens with one attached hydrogen (secondary N) is 1. The van der Waals surface area contributed by atoms with E-state index in [1.54, 1.807) is 11.8 Å². The quantitative estimate of drug-likeness (QED) is 0.352. The highest BCUT2D eigenvalue weighted by Crippen LogP contribution is 2.32. The molecule has 0 saturated carbocycles. The Bertz CT molecular complexity index is 997. The van der Waals surface area contributed by atoms with E-state index >= 15 is 0 Å². The maximum Gasteiger partial charge on any atom is 0.161 e. The van der Waals surface area contributed by atoms with Gasteiger partial charge in [0.15, 0.2) is 11.6 Å². The molecule has 2 heterocycles. The van der Waals surface area contributed by atoms with E-state index in [9.17, 15) is 8.78 Å². The first kappa shape index (κ1) is 23.2. The summed E-state index contributed by atoms with van der Waals surface area (Å²) >= 11 is 1.79. The van der Waals surface area contributed by atoms with Gasteiger partial charge in [0, 0.05) is 30.1 Å². The van der Waals surface area contributed by atoms with Crippen molar-refractivity contribution in [1.82, 2.24) is 14.9 Å². The number of piperidine rings is 1. The predicted molar refractivity (Wildman–Crippen MR) is 125 cm³/mol. The van der Waals surface area contributed by atoms with Crippen LogP contribution in [0.5, 0.6) is 0 Å². The molecule has 0 spiro atoms. The molecule has 0 bridgehead atoms. The summed E-state index contributed by atoms with van der Waals surface area (Å²) in [6.45, 7) is 2.66. The summed E-state index contributed by atoms with van der Waals surface area (Å²) in [5.74, 6) is -0.227. The molecule has 0 aliphatic carbocycles. The van der Waals surface area contributed by atoms with Crippen LogP contribution in [0.25, 0.3) is 11.0 Å². The molecule has 32 heavy (non-hydrogen) atoms. The summed E-state index contributed by atoms with van der Waals surface area (Å²) in [5.41, 5.74) is 7.43. The summed E-state index contributed by atoms with van der Waals surface area (Å²) in [6.07, 6.45) is 3.61. The van der Waals surface area contributed by atoms with Gasteiger partial charge in [-0.2, -0.15) is 0 Å². The van der Waals surface area contributed by atoms with Gasteiger partial charge in [0.2, 0.25) is 0 Å². The molecule has 3 aromatic rings. The fourth-order valence-corrected chi connectivity index (χ4v) is 4.95. The minimum absolute atomic E-state index is 0.0961. The third-order valence-corrected chi connectivity index (χ3v) is 6.89. The van der Waals surface area contributed by atoms with Crippen LogP contribution in [0.15, 0.2) is 41.3 Å². The van der Waals surface area contributed by atoms with Crippen molar-refractivity contribution >= 4 is 22.8 Å². The molecule has 4 rings (SSSR count). The standard InChI is InChI=1S/C24H30F2N4OS/c1-30-10-7-17(8-11-30)31-23(16-5-4-6-18(13-16)32-12-3-2-9-27)24-28-21-14-19(25)20(26)15-22(21)29-24/h4-6,13-15,17,23H,2-3,7-12,27H2,1H3,(H,28,29). The average molecular weight is 461 g/mol. The van der Waals surface area contributed by atoms with E-state index in [1.807, 2.05) is 12.1 Å². The highest BCUT2D eigenvalue weighted by atomic mass is 32.2. The Kier molecular flexibility index (Phi) is 7.78. The molecule has 1 fully saturated rings. The van der Waals surface area contributed by atoms with Crippen molar-refractivity contribution in [2.45, 2.75) is 42.8 Å². The normalized spacial score (nSPS) is 16.6. The number of hydrogen-bond donors (Lipinski definition) is 2. The lowest BCUT2D eigenvalue weighted by molar-refractivity contribution is -0.0264. The minimum atomic E-state index is -0.904. The first-order valence-corrected chi connectivity index (χ1v) is 12.1. The summed E-state index contributed by atoms with van der Waals surface area (Å²) in [4.78, 5) is 11.2. The van der Waals surface area contributed by atoms with Crippen LogP contribution < -0.4 is 5.73 Å². The van der Waals surface area contributed by atoms with E-state index in [2.05, 4.69) is 34.0 Å². The zero-order valence-corrected chi connectivity index (χ0v) is 19.1. The van der Waals surface area contributed by atoms with Gasteiger partial charge in [-0.25, -0.2) is 13.8 Å². The Balaban J connectivity index is 1.62. The Morgan fingerprint density at radius 2 is 1.97 bits per heavy atom. The molecule has 0 radical (unpaired) electrons. The van der Waals surface area contributed by atoms with E-state index in [-0.39, 0.29) is 6.10 Å². The maximum absolute atomic E-state index is 13.7. The molecule has 1 atom stereocenters. The summed E-state index contributed by atoms with van der Waals surface area (Å²) in [5, 5.41) is 0. The fraction of sp³-hybridized carbons (Fsp3) is 0.458. The molecule has 1 unspecified atom stereocenters. The molecule has 172 valence electrons. The lowest BCUT2D eigenvalue weighted by Gasteiger charge is -2.31. The molecule has 0 amide bonds. The summed E-state index contributed by atoms with van der Waals surface area (Å²) < 4.78 is 34.1. The molecule has 1 saturated heterocycles. The number of H-pyrrole nitrogens is 1. The fourth-order valence-electron chi connectivity index (χ4n) is 3.97. The number of nitrogens with two attached hydrogens (primary N) is 1. The van der Waals surface area contributed by atoms with Gasteiger partial charge in [-0.3, -0.25) is 0 Å². The number of rotatable bonds is 9. The monoisotopic (exact) mass is 460 g/mol. The Hall–Kier alpha value is -2.00. The third-order valence-electron chi connectivity index (χ3n) is 5.81. The van der Waals surface area contributed by atoms with Gasteiger partial charge in [-0.05, 0) is 62.7 Å². The number of thioether (sulfide) groups is 1. The van der Waals surface area contributed by atoms with Gasteiger partial charge in [-0.15, -0.1) is 11.8 Å². The van der Waals surface area contributed by atoms with Gasteiger partial charge in [0.05, 0.1) is 17.1 Å². The molecule has 2 aromatic carbocycles. The second-order valence-electron chi connectivity index (χ2n) is 8.34. The molecule has 1 aromatic heterocycles. The zero-order chi connectivity index (χ0) is 22.5. The van der Waals surface area contributed by atoms with Crippen LogP contribution in [0.1, 0.15) is 43.2 Å². The van der Waals surface area contributed by atoms with Crippen LogP contribution in [-0.4, -0.2) is 53.4 Å². The predicted octanol–water partition coefficient (Wildman–Crippen LogP) is 4.87. The number of imidazole rings is 1. The molecule has 8 heteroatoms. The highest BCUT2D eigenvalue weighted by molar-refractivity contribution is 7.99. The van der Waals surface area contributed by atoms with Crippen LogP contribution in [0, 0.1) is 11.6 Å². The van der Waals surface area contributed by atoms with Gasteiger partial charge >= 0.3 is 0 Å². The summed E-state index contributed by atoms with van der Waals surface area (Å²) in [6, 6.07) is 10.5. The number of benzene rings is 2.